The number of nitrogens with one attached hydrogen (secondary N) is 1. The maximum atomic E-state index is 12.7. The lowest BCUT2D eigenvalue weighted by Gasteiger charge is -2.43. The minimum Gasteiger partial charge on any atom is -0.380 e. The molecule has 20 heavy (non-hydrogen) atoms. The molecular weight excluding hydrogens is 260 g/mol. The summed E-state index contributed by atoms with van der Waals surface area (Å²) in [5.74, 6) is -0.773. The lowest BCUT2D eigenvalue weighted by Crippen LogP contribution is -2.66. The van der Waals surface area contributed by atoms with E-state index in [0.29, 0.717) is 26.1 Å². The molecule has 1 aliphatic carbocycles. The van der Waals surface area contributed by atoms with Crippen molar-refractivity contribution in [2.24, 2.45) is 5.41 Å². The first-order valence-corrected chi connectivity index (χ1v) is 7.29. The molecule has 0 radical (unpaired) electrons. The summed E-state index contributed by atoms with van der Waals surface area (Å²) in [7, 11) is 0. The summed E-state index contributed by atoms with van der Waals surface area (Å²) in [6.45, 7) is 4.44. The van der Waals surface area contributed by atoms with Gasteiger partial charge in [-0.2, -0.15) is 0 Å². The number of nitrogens with zero attached hydrogens (tertiary/aromatic N) is 1. The molecule has 1 saturated carbocycles. The molecule has 0 aromatic heterocycles. The summed E-state index contributed by atoms with van der Waals surface area (Å²) in [5, 5.41) is 2.35. The number of hydrogen-bond acceptors (Lipinski definition) is 4. The lowest BCUT2D eigenvalue weighted by atomic mass is 9.71. The van der Waals surface area contributed by atoms with E-state index in [1.807, 2.05) is 6.92 Å². The van der Waals surface area contributed by atoms with E-state index in [2.05, 4.69) is 5.32 Å². The average Bonchev–Trinajstić information content (AvgIpc) is 2.44. The van der Waals surface area contributed by atoms with Crippen molar-refractivity contribution in [3.8, 4) is 0 Å². The van der Waals surface area contributed by atoms with Crippen molar-refractivity contribution in [1.82, 2.24) is 10.2 Å². The predicted molar refractivity (Wildman–Crippen MR) is 71.9 cm³/mol. The molecular formula is C14H22N2O4. The van der Waals surface area contributed by atoms with Crippen LogP contribution in [-0.2, 0) is 14.3 Å². The Hall–Kier alpha value is -1.43. The molecule has 0 bridgehead atoms. The molecule has 1 N–H and O–H groups in total. The lowest BCUT2D eigenvalue weighted by molar-refractivity contribution is -0.156. The van der Waals surface area contributed by atoms with E-state index in [1.165, 1.54) is 4.90 Å². The second-order valence-corrected chi connectivity index (χ2v) is 5.59. The Balaban J connectivity index is 2.22. The number of carbonyl (C=O) groups excluding carboxylic acids is 3. The number of barbiturate groups is 1. The highest BCUT2D eigenvalue weighted by Gasteiger charge is 2.54. The molecule has 6 nitrogen and oxygen atoms in total. The van der Waals surface area contributed by atoms with E-state index >= 15 is 0 Å². The third-order valence-corrected chi connectivity index (χ3v) is 4.21. The van der Waals surface area contributed by atoms with Crippen LogP contribution in [0.4, 0.5) is 4.79 Å². The minimum absolute atomic E-state index is 0.292. The van der Waals surface area contributed by atoms with Gasteiger partial charge in [-0.15, -0.1) is 0 Å². The van der Waals surface area contributed by atoms with Crippen LogP contribution in [0.15, 0.2) is 0 Å². The number of rotatable bonds is 4. The van der Waals surface area contributed by atoms with Crippen molar-refractivity contribution in [2.75, 3.05) is 13.2 Å². The zero-order chi connectivity index (χ0) is 14.8. The van der Waals surface area contributed by atoms with Crippen LogP contribution in [0.1, 0.15) is 46.0 Å². The molecule has 1 spiro atoms. The summed E-state index contributed by atoms with van der Waals surface area (Å²) in [5.41, 5.74) is -1.04. The van der Waals surface area contributed by atoms with Crippen LogP contribution in [0.5, 0.6) is 0 Å². The molecule has 0 aromatic rings. The zero-order valence-corrected chi connectivity index (χ0v) is 12.1. The number of hydrogen-bond donors (Lipinski definition) is 1. The van der Waals surface area contributed by atoms with Gasteiger partial charge in [0.1, 0.15) is 5.41 Å². The van der Waals surface area contributed by atoms with Crippen molar-refractivity contribution in [3.05, 3.63) is 0 Å². The van der Waals surface area contributed by atoms with Crippen molar-refractivity contribution in [1.29, 1.82) is 0 Å². The van der Waals surface area contributed by atoms with E-state index in [1.54, 1.807) is 6.92 Å². The maximum absolute atomic E-state index is 12.7. The SMILES string of the molecule is CCOCC(C)N1C(=O)NC(=O)C2(CCCCC2)C1=O. The average molecular weight is 282 g/mol. The molecule has 1 atom stereocenters. The van der Waals surface area contributed by atoms with E-state index < -0.39 is 17.4 Å². The molecule has 112 valence electrons. The highest BCUT2D eigenvalue weighted by Crippen LogP contribution is 2.40. The van der Waals surface area contributed by atoms with Gasteiger partial charge in [-0.25, -0.2) is 4.79 Å². The maximum Gasteiger partial charge on any atom is 0.331 e. The van der Waals surface area contributed by atoms with Gasteiger partial charge in [-0.1, -0.05) is 19.3 Å². The first-order valence-electron chi connectivity index (χ1n) is 7.29. The molecule has 1 aliphatic heterocycles. The summed E-state index contributed by atoms with van der Waals surface area (Å²) in [6.07, 6.45) is 3.79. The van der Waals surface area contributed by atoms with Gasteiger partial charge >= 0.3 is 6.03 Å². The molecule has 2 aliphatic rings. The standard InChI is InChI=1S/C14H22N2O4/c1-3-20-9-10(2)16-12(18)14(7-5-4-6-8-14)11(17)15-13(16)19/h10H,3-9H2,1-2H3,(H,15,17,19). The molecule has 1 unspecified atom stereocenters. The first-order chi connectivity index (χ1) is 9.53. The summed E-state index contributed by atoms with van der Waals surface area (Å²) in [6, 6.07) is -0.988. The second kappa shape index (κ2) is 5.91. The normalized spacial score (nSPS) is 23.9. The molecule has 4 amide bonds. The third-order valence-electron chi connectivity index (χ3n) is 4.21. The highest BCUT2D eigenvalue weighted by atomic mass is 16.5. The van der Waals surface area contributed by atoms with Crippen molar-refractivity contribution in [3.63, 3.8) is 0 Å². The van der Waals surface area contributed by atoms with Crippen molar-refractivity contribution >= 4 is 17.8 Å². The van der Waals surface area contributed by atoms with Gasteiger partial charge < -0.3 is 4.74 Å². The Kier molecular flexibility index (Phi) is 4.42. The van der Waals surface area contributed by atoms with Gasteiger partial charge in [0.05, 0.1) is 12.6 Å². The minimum atomic E-state index is -1.04. The van der Waals surface area contributed by atoms with Crippen LogP contribution in [0, 0.1) is 5.41 Å². The van der Waals surface area contributed by atoms with Crippen LogP contribution in [-0.4, -0.2) is 42.0 Å². The molecule has 1 saturated heterocycles. The van der Waals surface area contributed by atoms with Crippen molar-refractivity contribution < 1.29 is 19.1 Å². The Morgan fingerprint density at radius 2 is 1.90 bits per heavy atom. The van der Waals surface area contributed by atoms with Crippen LogP contribution < -0.4 is 5.32 Å². The summed E-state index contributed by atoms with van der Waals surface area (Å²) < 4.78 is 5.29. The molecule has 2 rings (SSSR count). The summed E-state index contributed by atoms with van der Waals surface area (Å²) >= 11 is 0. The third kappa shape index (κ3) is 2.44. The smallest absolute Gasteiger partial charge is 0.331 e. The quantitative estimate of drug-likeness (QED) is 0.792. The van der Waals surface area contributed by atoms with Crippen LogP contribution in [0.2, 0.25) is 0 Å². The monoisotopic (exact) mass is 282 g/mol. The topological polar surface area (TPSA) is 75.7 Å². The van der Waals surface area contributed by atoms with Gasteiger partial charge in [0.25, 0.3) is 0 Å². The second-order valence-electron chi connectivity index (χ2n) is 5.59. The Bertz CT molecular complexity index is 415. The molecule has 1 heterocycles. The van der Waals surface area contributed by atoms with Gasteiger partial charge in [0, 0.05) is 6.61 Å². The van der Waals surface area contributed by atoms with Gasteiger partial charge in [-0.3, -0.25) is 19.8 Å². The molecule has 0 aromatic carbocycles. The summed E-state index contributed by atoms with van der Waals surface area (Å²) in [4.78, 5) is 38.0. The number of urea groups is 1. The van der Waals surface area contributed by atoms with Gasteiger partial charge in [-0.05, 0) is 26.7 Å². The van der Waals surface area contributed by atoms with Gasteiger partial charge in [0.15, 0.2) is 0 Å². The number of amides is 4. The van der Waals surface area contributed by atoms with Crippen LogP contribution in [0.3, 0.4) is 0 Å². The Morgan fingerprint density at radius 1 is 1.25 bits per heavy atom. The Labute approximate surface area is 118 Å². The predicted octanol–water partition coefficient (Wildman–Crippen LogP) is 1.44. The van der Waals surface area contributed by atoms with E-state index in [0.717, 1.165) is 19.3 Å². The van der Waals surface area contributed by atoms with E-state index in [-0.39, 0.29) is 11.9 Å². The van der Waals surface area contributed by atoms with Gasteiger partial charge in [0.2, 0.25) is 11.8 Å². The highest BCUT2D eigenvalue weighted by molar-refractivity contribution is 6.19. The van der Waals surface area contributed by atoms with Crippen LogP contribution >= 0.6 is 0 Å². The number of carbonyl (C=O) groups is 3. The fourth-order valence-electron chi connectivity index (χ4n) is 3.06. The first kappa shape index (κ1) is 15.0. The van der Waals surface area contributed by atoms with E-state index in [4.69, 9.17) is 4.74 Å². The zero-order valence-electron chi connectivity index (χ0n) is 12.1. The molecule has 6 heteroatoms. The largest absolute Gasteiger partial charge is 0.380 e. The fraction of sp³-hybridized carbons (Fsp3) is 0.786. The number of ether oxygens (including phenoxy) is 1. The molecule has 2 fully saturated rings. The van der Waals surface area contributed by atoms with E-state index in [9.17, 15) is 14.4 Å². The Morgan fingerprint density at radius 3 is 2.50 bits per heavy atom. The van der Waals surface area contributed by atoms with Crippen molar-refractivity contribution in [2.45, 2.75) is 52.0 Å². The fourth-order valence-corrected chi connectivity index (χ4v) is 3.06. The van der Waals surface area contributed by atoms with Crippen LogP contribution in [0.25, 0.3) is 0 Å². The number of imide groups is 2.